The Kier molecular flexibility index (Phi) is 3.81. The van der Waals surface area contributed by atoms with E-state index in [4.69, 9.17) is 9.57 Å². The summed E-state index contributed by atoms with van der Waals surface area (Å²) in [6.07, 6.45) is 1.47. The predicted octanol–water partition coefficient (Wildman–Crippen LogP) is 2.70. The first-order valence-corrected chi connectivity index (χ1v) is 7.84. The van der Waals surface area contributed by atoms with E-state index in [2.05, 4.69) is 20.7 Å². The maximum Gasteiger partial charge on any atom is 0.268 e. The van der Waals surface area contributed by atoms with Crippen molar-refractivity contribution in [2.45, 2.75) is 12.5 Å². The zero-order chi connectivity index (χ0) is 17.2. The third kappa shape index (κ3) is 2.91. The summed E-state index contributed by atoms with van der Waals surface area (Å²) in [7, 11) is 1.62. The number of nitrogens with zero attached hydrogens (tertiary/aromatic N) is 2. The molecule has 25 heavy (non-hydrogen) atoms. The number of ether oxygens (including phenoxy) is 1. The van der Waals surface area contributed by atoms with Gasteiger partial charge in [-0.25, -0.2) is 0 Å². The number of fused-ring (bicyclic) bond motifs is 1. The van der Waals surface area contributed by atoms with E-state index in [1.54, 1.807) is 13.3 Å². The molecule has 1 atom stereocenters. The monoisotopic (exact) mass is 336 g/mol. The Morgan fingerprint density at radius 2 is 2.12 bits per heavy atom. The van der Waals surface area contributed by atoms with Crippen LogP contribution in [0.25, 0.3) is 10.9 Å². The molecule has 126 valence electrons. The number of aromatic nitrogens is 2. The highest BCUT2D eigenvalue weighted by atomic mass is 16.6. The van der Waals surface area contributed by atoms with Crippen LogP contribution < -0.4 is 10.1 Å². The average Bonchev–Trinajstić information content (AvgIpc) is 3.32. The standard InChI is InChI=1S/C18H16N4O3/c1-24-13-7-5-11(6-8-13)15-9-16(25-22-15)18(23)20-14-4-2-3-12-10-19-21-17(12)14/h2-8,10,16H,9H2,1H3,(H,19,21)(H,20,23). The summed E-state index contributed by atoms with van der Waals surface area (Å²) in [5.41, 5.74) is 3.10. The van der Waals surface area contributed by atoms with Gasteiger partial charge in [-0.05, 0) is 35.9 Å². The minimum atomic E-state index is -0.657. The number of H-pyrrole nitrogens is 1. The van der Waals surface area contributed by atoms with Crippen LogP contribution in [0.2, 0.25) is 0 Å². The number of hydrogen-bond acceptors (Lipinski definition) is 5. The number of carbonyl (C=O) groups is 1. The maximum absolute atomic E-state index is 12.5. The van der Waals surface area contributed by atoms with Crippen LogP contribution >= 0.6 is 0 Å². The minimum Gasteiger partial charge on any atom is -0.497 e. The smallest absolute Gasteiger partial charge is 0.268 e. The van der Waals surface area contributed by atoms with E-state index in [-0.39, 0.29) is 5.91 Å². The number of hydrogen-bond donors (Lipinski definition) is 2. The number of carbonyl (C=O) groups excluding carboxylic acids is 1. The van der Waals surface area contributed by atoms with Gasteiger partial charge in [-0.15, -0.1) is 0 Å². The highest BCUT2D eigenvalue weighted by Crippen LogP contribution is 2.23. The molecule has 0 saturated heterocycles. The molecule has 7 nitrogen and oxygen atoms in total. The Hall–Kier alpha value is -3.35. The molecule has 1 aromatic heterocycles. The second kappa shape index (κ2) is 6.27. The zero-order valence-electron chi connectivity index (χ0n) is 13.5. The number of para-hydroxylation sites is 1. The summed E-state index contributed by atoms with van der Waals surface area (Å²) in [6.45, 7) is 0. The van der Waals surface area contributed by atoms with Crippen molar-refractivity contribution in [1.82, 2.24) is 10.2 Å². The summed E-state index contributed by atoms with van der Waals surface area (Å²) in [6, 6.07) is 13.1. The number of nitrogens with one attached hydrogen (secondary N) is 2. The van der Waals surface area contributed by atoms with E-state index >= 15 is 0 Å². The predicted molar refractivity (Wildman–Crippen MR) is 93.7 cm³/mol. The lowest BCUT2D eigenvalue weighted by molar-refractivity contribution is -0.125. The summed E-state index contributed by atoms with van der Waals surface area (Å²) >= 11 is 0. The fraction of sp³-hybridized carbons (Fsp3) is 0.167. The largest absolute Gasteiger partial charge is 0.497 e. The van der Waals surface area contributed by atoms with Crippen LogP contribution in [0.1, 0.15) is 12.0 Å². The molecule has 1 aliphatic heterocycles. The van der Waals surface area contributed by atoms with Crippen LogP contribution in [0.15, 0.2) is 53.8 Å². The van der Waals surface area contributed by atoms with Gasteiger partial charge >= 0.3 is 0 Å². The SMILES string of the molecule is COc1ccc(C2=NOC(C(=O)Nc3cccc4cn[nH]c34)C2)cc1. The number of amides is 1. The van der Waals surface area contributed by atoms with Gasteiger partial charge in [0.25, 0.3) is 5.91 Å². The first-order valence-electron chi connectivity index (χ1n) is 7.84. The molecular formula is C18H16N4O3. The van der Waals surface area contributed by atoms with Crippen LogP contribution in [0.4, 0.5) is 5.69 Å². The molecule has 1 aliphatic rings. The first kappa shape index (κ1) is 15.2. The first-order chi connectivity index (χ1) is 12.2. The van der Waals surface area contributed by atoms with Gasteiger partial charge in [-0.3, -0.25) is 9.89 Å². The third-order valence-corrected chi connectivity index (χ3v) is 4.12. The quantitative estimate of drug-likeness (QED) is 0.767. The molecule has 2 N–H and O–H groups in total. The molecule has 7 heteroatoms. The summed E-state index contributed by atoms with van der Waals surface area (Å²) < 4.78 is 5.14. The fourth-order valence-electron chi connectivity index (χ4n) is 2.76. The fourth-order valence-corrected chi connectivity index (χ4v) is 2.76. The second-order valence-electron chi connectivity index (χ2n) is 5.69. The van der Waals surface area contributed by atoms with Crippen LogP contribution in [0.3, 0.4) is 0 Å². The van der Waals surface area contributed by atoms with Crippen LogP contribution in [-0.4, -0.2) is 35.0 Å². The van der Waals surface area contributed by atoms with Crippen molar-refractivity contribution in [2.75, 3.05) is 12.4 Å². The molecule has 0 spiro atoms. The van der Waals surface area contributed by atoms with Crippen LogP contribution in [-0.2, 0) is 9.63 Å². The molecule has 3 aromatic rings. The molecule has 0 saturated carbocycles. The van der Waals surface area contributed by atoms with E-state index < -0.39 is 6.10 Å². The van der Waals surface area contributed by atoms with Crippen molar-refractivity contribution < 1.29 is 14.4 Å². The molecule has 2 aromatic carbocycles. The number of benzene rings is 2. The number of anilines is 1. The molecule has 2 heterocycles. The van der Waals surface area contributed by atoms with E-state index in [1.165, 1.54) is 0 Å². The third-order valence-electron chi connectivity index (χ3n) is 4.12. The molecular weight excluding hydrogens is 320 g/mol. The number of methoxy groups -OCH3 is 1. The van der Waals surface area contributed by atoms with Crippen molar-refractivity contribution in [2.24, 2.45) is 5.16 Å². The lowest BCUT2D eigenvalue weighted by Crippen LogP contribution is -2.28. The van der Waals surface area contributed by atoms with Crippen molar-refractivity contribution in [3.05, 3.63) is 54.2 Å². The lowest BCUT2D eigenvalue weighted by atomic mass is 10.0. The molecule has 4 rings (SSSR count). The number of rotatable bonds is 4. The van der Waals surface area contributed by atoms with Gasteiger partial charge in [0.1, 0.15) is 5.75 Å². The van der Waals surface area contributed by atoms with Gasteiger partial charge < -0.3 is 14.9 Å². The summed E-state index contributed by atoms with van der Waals surface area (Å²) in [4.78, 5) is 17.8. The van der Waals surface area contributed by atoms with Crippen molar-refractivity contribution in [3.8, 4) is 5.75 Å². The van der Waals surface area contributed by atoms with Crippen LogP contribution in [0.5, 0.6) is 5.75 Å². The molecule has 0 aliphatic carbocycles. The highest BCUT2D eigenvalue weighted by Gasteiger charge is 2.29. The molecule has 0 fully saturated rings. The zero-order valence-corrected chi connectivity index (χ0v) is 13.5. The van der Waals surface area contributed by atoms with Crippen LogP contribution in [0, 0.1) is 0 Å². The van der Waals surface area contributed by atoms with Gasteiger partial charge in [0, 0.05) is 11.8 Å². The van der Waals surface area contributed by atoms with E-state index in [1.807, 2.05) is 42.5 Å². The van der Waals surface area contributed by atoms with Crippen molar-refractivity contribution >= 4 is 28.2 Å². The lowest BCUT2D eigenvalue weighted by Gasteiger charge is -2.10. The van der Waals surface area contributed by atoms with Gasteiger partial charge in [-0.2, -0.15) is 5.10 Å². The molecule has 0 bridgehead atoms. The van der Waals surface area contributed by atoms with E-state index in [0.29, 0.717) is 12.1 Å². The van der Waals surface area contributed by atoms with Gasteiger partial charge in [-0.1, -0.05) is 17.3 Å². The molecule has 1 amide bonds. The van der Waals surface area contributed by atoms with Gasteiger partial charge in [0.15, 0.2) is 0 Å². The molecule has 1 unspecified atom stereocenters. The average molecular weight is 336 g/mol. The Morgan fingerprint density at radius 3 is 2.92 bits per heavy atom. The van der Waals surface area contributed by atoms with E-state index in [0.717, 1.165) is 27.9 Å². The Bertz CT molecular complexity index is 946. The maximum atomic E-state index is 12.5. The number of aromatic amines is 1. The Morgan fingerprint density at radius 1 is 1.28 bits per heavy atom. The normalized spacial score (nSPS) is 16.4. The summed E-state index contributed by atoms with van der Waals surface area (Å²) in [5, 5.41) is 14.7. The van der Waals surface area contributed by atoms with Crippen molar-refractivity contribution in [3.63, 3.8) is 0 Å². The minimum absolute atomic E-state index is 0.241. The Labute approximate surface area is 143 Å². The highest BCUT2D eigenvalue weighted by molar-refractivity contribution is 6.07. The number of oxime groups is 1. The van der Waals surface area contributed by atoms with Gasteiger partial charge in [0.2, 0.25) is 6.10 Å². The topological polar surface area (TPSA) is 88.6 Å². The molecule has 0 radical (unpaired) electrons. The summed E-state index contributed by atoms with van der Waals surface area (Å²) in [5.74, 6) is 0.527. The van der Waals surface area contributed by atoms with Crippen molar-refractivity contribution in [1.29, 1.82) is 0 Å². The van der Waals surface area contributed by atoms with Gasteiger partial charge in [0.05, 0.1) is 30.2 Å². The van der Waals surface area contributed by atoms with E-state index in [9.17, 15) is 4.79 Å². The second-order valence-corrected chi connectivity index (χ2v) is 5.69. The Balaban J connectivity index is 1.45.